The van der Waals surface area contributed by atoms with E-state index in [1.807, 2.05) is 0 Å². The summed E-state index contributed by atoms with van der Waals surface area (Å²) >= 11 is 0. The first kappa shape index (κ1) is 13.2. The first-order valence-electron chi connectivity index (χ1n) is 5.74. The molecule has 0 radical (unpaired) electrons. The van der Waals surface area contributed by atoms with Crippen molar-refractivity contribution in [3.05, 3.63) is 35.4 Å². The quantitative estimate of drug-likeness (QED) is 0.631. The van der Waals surface area contributed by atoms with Gasteiger partial charge in [-0.05, 0) is 11.6 Å². The van der Waals surface area contributed by atoms with E-state index in [1.165, 1.54) is 19.2 Å². The molecule has 1 aromatic rings. The largest absolute Gasteiger partial charge is 0.480 e. The number of carboxylic acid groups (broad SMARTS) is 1. The van der Waals surface area contributed by atoms with Crippen LogP contribution in [0, 0.1) is 0 Å². The van der Waals surface area contributed by atoms with Crippen LogP contribution in [0.4, 0.5) is 0 Å². The molecule has 1 heterocycles. The molecule has 0 fully saturated rings. The number of aliphatic carboxylic acids is 1. The summed E-state index contributed by atoms with van der Waals surface area (Å²) in [6, 6.07) is 6.28. The maximum atomic E-state index is 12.2. The van der Waals surface area contributed by atoms with Crippen molar-refractivity contribution >= 4 is 17.8 Å². The van der Waals surface area contributed by atoms with Crippen molar-refractivity contribution in [1.29, 1.82) is 0 Å². The fourth-order valence-electron chi connectivity index (χ4n) is 2.11. The van der Waals surface area contributed by atoms with E-state index in [0.717, 1.165) is 4.90 Å². The van der Waals surface area contributed by atoms with Crippen molar-refractivity contribution in [2.45, 2.75) is 5.92 Å². The summed E-state index contributed by atoms with van der Waals surface area (Å²) in [7, 11) is 1.45. The van der Waals surface area contributed by atoms with E-state index >= 15 is 0 Å². The lowest BCUT2D eigenvalue weighted by molar-refractivity contribution is -0.146. The first-order chi connectivity index (χ1) is 9.07. The summed E-state index contributed by atoms with van der Waals surface area (Å²) in [4.78, 5) is 36.5. The Hall–Kier alpha value is -2.21. The van der Waals surface area contributed by atoms with Crippen LogP contribution in [0.5, 0.6) is 0 Å². The number of methoxy groups -OCH3 is 1. The van der Waals surface area contributed by atoms with Crippen molar-refractivity contribution < 1.29 is 24.2 Å². The Morgan fingerprint density at radius 1 is 1.37 bits per heavy atom. The van der Waals surface area contributed by atoms with E-state index in [1.54, 1.807) is 12.1 Å². The topological polar surface area (TPSA) is 83.9 Å². The molecule has 0 saturated carbocycles. The van der Waals surface area contributed by atoms with E-state index in [4.69, 9.17) is 4.74 Å². The van der Waals surface area contributed by atoms with Gasteiger partial charge in [-0.25, -0.2) is 0 Å². The maximum Gasteiger partial charge on any atom is 0.320 e. The predicted octanol–water partition coefficient (Wildman–Crippen LogP) is 0.484. The zero-order valence-corrected chi connectivity index (χ0v) is 10.3. The SMILES string of the molecule is COCCN1C(=O)c2ccccc2C(C(=O)O)C1=O. The lowest BCUT2D eigenvalue weighted by atomic mass is 9.88. The maximum absolute atomic E-state index is 12.2. The third-order valence-electron chi connectivity index (χ3n) is 3.03. The molecule has 0 spiro atoms. The Kier molecular flexibility index (Phi) is 3.62. The number of carbonyl (C=O) groups excluding carboxylic acids is 2. The minimum atomic E-state index is -1.33. The van der Waals surface area contributed by atoms with Gasteiger partial charge in [0.15, 0.2) is 5.92 Å². The smallest absolute Gasteiger partial charge is 0.320 e. The number of ether oxygens (including phenoxy) is 1. The van der Waals surface area contributed by atoms with Crippen molar-refractivity contribution in [3.8, 4) is 0 Å². The van der Waals surface area contributed by atoms with Crippen LogP contribution in [0.1, 0.15) is 21.8 Å². The molecule has 2 amide bonds. The Labute approximate surface area is 109 Å². The van der Waals surface area contributed by atoms with E-state index in [9.17, 15) is 19.5 Å². The standard InChI is InChI=1S/C13H13NO5/c1-19-7-6-14-11(15)9-5-3-2-4-8(9)10(12(14)16)13(17)18/h2-5,10H,6-7H2,1H3,(H,17,18). The predicted molar refractivity (Wildman–Crippen MR) is 64.7 cm³/mol. The van der Waals surface area contributed by atoms with Crippen LogP contribution >= 0.6 is 0 Å². The summed E-state index contributed by atoms with van der Waals surface area (Å²) in [6.45, 7) is 0.221. The first-order valence-corrected chi connectivity index (χ1v) is 5.74. The van der Waals surface area contributed by atoms with Crippen LogP contribution < -0.4 is 0 Å². The highest BCUT2D eigenvalue weighted by Gasteiger charge is 2.42. The molecule has 0 bridgehead atoms. The number of carbonyl (C=O) groups is 3. The van der Waals surface area contributed by atoms with Gasteiger partial charge in [0.25, 0.3) is 5.91 Å². The fraction of sp³-hybridized carbons (Fsp3) is 0.308. The Balaban J connectivity index is 2.47. The lowest BCUT2D eigenvalue weighted by Crippen LogP contribution is -2.48. The molecular weight excluding hydrogens is 250 g/mol. The summed E-state index contributed by atoms with van der Waals surface area (Å²) in [6.07, 6.45) is 0. The minimum absolute atomic E-state index is 0.0479. The van der Waals surface area contributed by atoms with Crippen LogP contribution in [0.2, 0.25) is 0 Å². The number of carboxylic acids is 1. The van der Waals surface area contributed by atoms with Gasteiger partial charge < -0.3 is 9.84 Å². The minimum Gasteiger partial charge on any atom is -0.480 e. The Morgan fingerprint density at radius 3 is 2.68 bits per heavy atom. The van der Waals surface area contributed by atoms with Gasteiger partial charge in [0.1, 0.15) is 0 Å². The van der Waals surface area contributed by atoms with Gasteiger partial charge in [-0.15, -0.1) is 0 Å². The molecule has 2 rings (SSSR count). The molecule has 6 heteroatoms. The van der Waals surface area contributed by atoms with Crippen molar-refractivity contribution in [2.24, 2.45) is 0 Å². The zero-order chi connectivity index (χ0) is 14.0. The number of hydrogen-bond acceptors (Lipinski definition) is 4. The van der Waals surface area contributed by atoms with Gasteiger partial charge in [-0.2, -0.15) is 0 Å². The van der Waals surface area contributed by atoms with Crippen molar-refractivity contribution in [1.82, 2.24) is 4.90 Å². The highest BCUT2D eigenvalue weighted by molar-refractivity contribution is 6.17. The summed E-state index contributed by atoms with van der Waals surface area (Å²) in [5.41, 5.74) is 0.504. The highest BCUT2D eigenvalue weighted by atomic mass is 16.5. The molecule has 1 aromatic carbocycles. The van der Waals surface area contributed by atoms with Crippen LogP contribution in [0.15, 0.2) is 24.3 Å². The molecule has 1 aliphatic rings. The van der Waals surface area contributed by atoms with Gasteiger partial charge in [0.05, 0.1) is 13.2 Å². The number of imide groups is 1. The van der Waals surface area contributed by atoms with Gasteiger partial charge >= 0.3 is 5.97 Å². The van der Waals surface area contributed by atoms with E-state index in [-0.39, 0.29) is 24.3 Å². The zero-order valence-electron chi connectivity index (χ0n) is 10.3. The van der Waals surface area contributed by atoms with E-state index < -0.39 is 23.7 Å². The molecule has 1 unspecified atom stereocenters. The van der Waals surface area contributed by atoms with Gasteiger partial charge in [-0.3, -0.25) is 19.3 Å². The number of nitrogens with zero attached hydrogens (tertiary/aromatic N) is 1. The monoisotopic (exact) mass is 263 g/mol. The average molecular weight is 263 g/mol. The molecule has 0 saturated heterocycles. The Morgan fingerprint density at radius 2 is 2.05 bits per heavy atom. The molecule has 1 aliphatic heterocycles. The number of amides is 2. The molecule has 100 valence electrons. The van der Waals surface area contributed by atoms with Crippen LogP contribution in [0.3, 0.4) is 0 Å². The summed E-state index contributed by atoms with van der Waals surface area (Å²) < 4.78 is 4.83. The van der Waals surface area contributed by atoms with Crippen LogP contribution in [-0.2, 0) is 14.3 Å². The molecule has 19 heavy (non-hydrogen) atoms. The number of benzene rings is 1. The second-order valence-corrected chi connectivity index (χ2v) is 4.15. The lowest BCUT2D eigenvalue weighted by Gasteiger charge is -2.30. The van der Waals surface area contributed by atoms with E-state index in [0.29, 0.717) is 0 Å². The molecular formula is C13H13NO5. The molecule has 1 atom stereocenters. The molecule has 6 nitrogen and oxygen atoms in total. The highest BCUT2D eigenvalue weighted by Crippen LogP contribution is 2.29. The van der Waals surface area contributed by atoms with Crippen LogP contribution in [-0.4, -0.2) is 48.1 Å². The van der Waals surface area contributed by atoms with Gasteiger partial charge in [-0.1, -0.05) is 18.2 Å². The Bertz CT molecular complexity index is 540. The number of fused-ring (bicyclic) bond motifs is 1. The van der Waals surface area contributed by atoms with Crippen molar-refractivity contribution in [2.75, 3.05) is 20.3 Å². The fourth-order valence-corrected chi connectivity index (χ4v) is 2.11. The van der Waals surface area contributed by atoms with E-state index in [2.05, 4.69) is 0 Å². The second-order valence-electron chi connectivity index (χ2n) is 4.15. The molecule has 1 N–H and O–H groups in total. The van der Waals surface area contributed by atoms with Gasteiger partial charge in [0.2, 0.25) is 5.91 Å². The third kappa shape index (κ3) is 2.22. The van der Waals surface area contributed by atoms with Crippen molar-refractivity contribution in [3.63, 3.8) is 0 Å². The average Bonchev–Trinajstić information content (AvgIpc) is 2.38. The van der Waals surface area contributed by atoms with Crippen LogP contribution in [0.25, 0.3) is 0 Å². The second kappa shape index (κ2) is 5.19. The molecule has 0 aliphatic carbocycles. The summed E-state index contributed by atoms with van der Waals surface area (Å²) in [5.74, 6) is -3.78. The summed E-state index contributed by atoms with van der Waals surface area (Å²) in [5, 5.41) is 9.19. The normalized spacial score (nSPS) is 18.4. The number of hydrogen-bond donors (Lipinski definition) is 1. The number of rotatable bonds is 4. The van der Waals surface area contributed by atoms with Gasteiger partial charge in [0, 0.05) is 12.7 Å². The third-order valence-corrected chi connectivity index (χ3v) is 3.03. The molecule has 0 aromatic heterocycles.